The molecule has 6 nitrogen and oxygen atoms in total. The predicted molar refractivity (Wildman–Crippen MR) is 111 cm³/mol. The molecule has 0 unspecified atom stereocenters. The Morgan fingerprint density at radius 2 is 1.82 bits per heavy atom. The van der Waals surface area contributed by atoms with E-state index in [0.717, 1.165) is 63.5 Å². The Kier molecular flexibility index (Phi) is 6.14. The number of piperidine rings is 2. The molecule has 1 aromatic rings. The molecule has 1 N–H and O–H groups in total. The Morgan fingerprint density at radius 3 is 2.46 bits per heavy atom. The van der Waals surface area contributed by atoms with Crippen LogP contribution in [0.3, 0.4) is 0 Å². The Bertz CT molecular complexity index is 674. The third kappa shape index (κ3) is 4.65. The topological polar surface area (TPSA) is 61.4 Å². The van der Waals surface area contributed by atoms with E-state index in [4.69, 9.17) is 4.98 Å². The molecule has 4 rings (SSSR count). The molecule has 0 radical (unpaired) electrons. The summed E-state index contributed by atoms with van der Waals surface area (Å²) in [7, 11) is 0. The summed E-state index contributed by atoms with van der Waals surface area (Å²) < 4.78 is 0. The van der Waals surface area contributed by atoms with E-state index in [1.165, 1.54) is 31.2 Å². The number of nitrogens with zero attached hydrogens (tertiary/aromatic N) is 4. The molecule has 28 heavy (non-hydrogen) atoms. The smallest absolute Gasteiger partial charge is 0.223 e. The minimum atomic E-state index is 0.234. The largest absolute Gasteiger partial charge is 0.356 e. The SMILES string of the molecule is CCCc1cnc(C)nc1N1CCC(N2CCC(C(=O)NC3CC3)CC2)CC1. The van der Waals surface area contributed by atoms with Crippen LogP contribution in [0.25, 0.3) is 0 Å². The average Bonchev–Trinajstić information content (AvgIpc) is 3.54. The van der Waals surface area contributed by atoms with Gasteiger partial charge in [-0.2, -0.15) is 0 Å². The van der Waals surface area contributed by atoms with Gasteiger partial charge in [-0.3, -0.25) is 4.79 Å². The molecule has 154 valence electrons. The zero-order chi connectivity index (χ0) is 19.5. The molecule has 3 heterocycles. The van der Waals surface area contributed by atoms with Crippen LogP contribution < -0.4 is 10.2 Å². The molecule has 1 aromatic heterocycles. The van der Waals surface area contributed by atoms with Crippen LogP contribution in [-0.4, -0.2) is 59.0 Å². The van der Waals surface area contributed by atoms with Gasteiger partial charge in [0.2, 0.25) is 5.91 Å². The maximum absolute atomic E-state index is 12.3. The fourth-order valence-corrected chi connectivity index (χ4v) is 4.72. The Labute approximate surface area is 169 Å². The highest BCUT2D eigenvalue weighted by atomic mass is 16.2. The molecule has 2 saturated heterocycles. The van der Waals surface area contributed by atoms with Gasteiger partial charge in [-0.25, -0.2) is 9.97 Å². The highest BCUT2D eigenvalue weighted by Crippen LogP contribution is 2.28. The highest BCUT2D eigenvalue weighted by molar-refractivity contribution is 5.79. The van der Waals surface area contributed by atoms with Crippen LogP contribution in [0.15, 0.2) is 6.20 Å². The quantitative estimate of drug-likeness (QED) is 0.816. The van der Waals surface area contributed by atoms with E-state index in [1.54, 1.807) is 0 Å². The summed E-state index contributed by atoms with van der Waals surface area (Å²) in [4.78, 5) is 26.6. The molecule has 3 aliphatic rings. The molecule has 1 aliphatic carbocycles. The van der Waals surface area contributed by atoms with E-state index in [-0.39, 0.29) is 5.92 Å². The van der Waals surface area contributed by atoms with Crippen LogP contribution in [0.1, 0.15) is 63.3 Å². The summed E-state index contributed by atoms with van der Waals surface area (Å²) in [5.74, 6) is 2.56. The third-order valence-electron chi connectivity index (χ3n) is 6.59. The molecule has 0 spiro atoms. The summed E-state index contributed by atoms with van der Waals surface area (Å²) in [5.41, 5.74) is 1.29. The van der Waals surface area contributed by atoms with Gasteiger partial charge in [0.25, 0.3) is 0 Å². The lowest BCUT2D eigenvalue weighted by Gasteiger charge is -2.42. The van der Waals surface area contributed by atoms with E-state index >= 15 is 0 Å². The first kappa shape index (κ1) is 19.6. The molecule has 0 atom stereocenters. The van der Waals surface area contributed by atoms with Gasteiger partial charge in [0, 0.05) is 42.9 Å². The molecule has 0 aromatic carbocycles. The van der Waals surface area contributed by atoms with E-state index in [9.17, 15) is 4.79 Å². The normalized spacial score (nSPS) is 22.4. The number of nitrogens with one attached hydrogen (secondary N) is 1. The summed E-state index contributed by atoms with van der Waals surface area (Å²) in [6.07, 6.45) is 11.0. The number of aryl methyl sites for hydroxylation is 2. The average molecular weight is 386 g/mol. The van der Waals surface area contributed by atoms with Gasteiger partial charge in [0.15, 0.2) is 0 Å². The number of amides is 1. The summed E-state index contributed by atoms with van der Waals surface area (Å²) in [6, 6.07) is 1.14. The van der Waals surface area contributed by atoms with Crippen molar-refractivity contribution in [2.24, 2.45) is 5.92 Å². The Balaban J connectivity index is 1.28. The van der Waals surface area contributed by atoms with Crippen molar-refractivity contribution < 1.29 is 4.79 Å². The molecule has 0 bridgehead atoms. The lowest BCUT2D eigenvalue weighted by Crippen LogP contribution is -2.49. The second-order valence-electron chi connectivity index (χ2n) is 8.83. The number of hydrogen-bond acceptors (Lipinski definition) is 5. The number of anilines is 1. The number of carbonyl (C=O) groups excluding carboxylic acids is 1. The van der Waals surface area contributed by atoms with Gasteiger partial charge in [-0.05, 0) is 65.0 Å². The summed E-state index contributed by atoms with van der Waals surface area (Å²) in [5, 5.41) is 3.19. The third-order valence-corrected chi connectivity index (χ3v) is 6.59. The zero-order valence-electron chi connectivity index (χ0n) is 17.5. The van der Waals surface area contributed by atoms with Crippen LogP contribution in [0.2, 0.25) is 0 Å². The van der Waals surface area contributed by atoms with Crippen molar-refractivity contribution in [1.29, 1.82) is 0 Å². The van der Waals surface area contributed by atoms with Crippen LogP contribution in [0.4, 0.5) is 5.82 Å². The molecule has 3 fully saturated rings. The first-order chi connectivity index (χ1) is 13.6. The van der Waals surface area contributed by atoms with Crippen molar-refractivity contribution in [3.8, 4) is 0 Å². The predicted octanol–water partition coefficient (Wildman–Crippen LogP) is 2.70. The number of hydrogen-bond donors (Lipinski definition) is 1. The van der Waals surface area contributed by atoms with Gasteiger partial charge in [-0.1, -0.05) is 13.3 Å². The van der Waals surface area contributed by atoms with Crippen molar-refractivity contribution in [3.05, 3.63) is 17.6 Å². The number of aromatic nitrogens is 2. The van der Waals surface area contributed by atoms with Crippen molar-refractivity contribution in [2.45, 2.75) is 77.3 Å². The highest BCUT2D eigenvalue weighted by Gasteiger charge is 2.33. The van der Waals surface area contributed by atoms with Gasteiger partial charge < -0.3 is 15.1 Å². The van der Waals surface area contributed by atoms with Crippen molar-refractivity contribution >= 4 is 11.7 Å². The van der Waals surface area contributed by atoms with Crippen LogP contribution in [0, 0.1) is 12.8 Å². The first-order valence-corrected chi connectivity index (χ1v) is 11.3. The number of carbonyl (C=O) groups is 1. The Hall–Kier alpha value is -1.69. The van der Waals surface area contributed by atoms with Crippen LogP contribution >= 0.6 is 0 Å². The molecule has 1 saturated carbocycles. The fourth-order valence-electron chi connectivity index (χ4n) is 4.72. The molecule has 1 amide bonds. The molecular formula is C22H35N5O. The lowest BCUT2D eigenvalue weighted by atomic mass is 9.92. The summed E-state index contributed by atoms with van der Waals surface area (Å²) >= 11 is 0. The zero-order valence-corrected chi connectivity index (χ0v) is 17.5. The van der Waals surface area contributed by atoms with Crippen LogP contribution in [-0.2, 0) is 11.2 Å². The maximum Gasteiger partial charge on any atom is 0.223 e. The Morgan fingerprint density at radius 1 is 1.11 bits per heavy atom. The number of rotatable bonds is 6. The second-order valence-corrected chi connectivity index (χ2v) is 8.83. The van der Waals surface area contributed by atoms with Gasteiger partial charge in [-0.15, -0.1) is 0 Å². The fraction of sp³-hybridized carbons (Fsp3) is 0.773. The van der Waals surface area contributed by atoms with E-state index in [0.29, 0.717) is 18.0 Å². The molecule has 6 heteroatoms. The second kappa shape index (κ2) is 8.76. The first-order valence-electron chi connectivity index (χ1n) is 11.3. The summed E-state index contributed by atoms with van der Waals surface area (Å²) in [6.45, 7) is 8.47. The molecule has 2 aliphatic heterocycles. The molecular weight excluding hydrogens is 350 g/mol. The maximum atomic E-state index is 12.3. The van der Waals surface area contributed by atoms with Gasteiger partial charge in [0.05, 0.1) is 0 Å². The lowest BCUT2D eigenvalue weighted by molar-refractivity contribution is -0.126. The van der Waals surface area contributed by atoms with Gasteiger partial charge in [0.1, 0.15) is 11.6 Å². The standard InChI is InChI=1S/C22H35N5O/c1-3-4-18-15-23-16(2)24-21(18)27-13-9-20(10-14-27)26-11-7-17(8-12-26)22(28)25-19-5-6-19/h15,17,19-20H,3-14H2,1-2H3,(H,25,28). The number of likely N-dealkylation sites (tertiary alicyclic amines) is 1. The van der Waals surface area contributed by atoms with Gasteiger partial charge >= 0.3 is 0 Å². The van der Waals surface area contributed by atoms with Crippen LogP contribution in [0.5, 0.6) is 0 Å². The van der Waals surface area contributed by atoms with E-state index in [1.807, 2.05) is 13.1 Å². The minimum Gasteiger partial charge on any atom is -0.356 e. The van der Waals surface area contributed by atoms with E-state index < -0.39 is 0 Å². The van der Waals surface area contributed by atoms with E-state index in [2.05, 4.69) is 27.0 Å². The van der Waals surface area contributed by atoms with Crippen molar-refractivity contribution in [3.63, 3.8) is 0 Å². The van der Waals surface area contributed by atoms with Crippen molar-refractivity contribution in [1.82, 2.24) is 20.2 Å². The minimum absolute atomic E-state index is 0.234. The van der Waals surface area contributed by atoms with Crippen molar-refractivity contribution in [2.75, 3.05) is 31.1 Å². The monoisotopic (exact) mass is 385 g/mol.